The van der Waals surface area contributed by atoms with Crippen LogP contribution in [-0.2, 0) is 9.84 Å². The van der Waals surface area contributed by atoms with E-state index in [-0.39, 0.29) is 10.9 Å². The average molecular weight is 257 g/mol. The molecule has 0 amide bonds. The van der Waals surface area contributed by atoms with Gasteiger partial charge in [0.15, 0.2) is 9.84 Å². The predicted octanol–water partition coefficient (Wildman–Crippen LogP) is 1.90. The third-order valence-corrected chi connectivity index (χ3v) is 3.73. The molecule has 0 aliphatic rings. The van der Waals surface area contributed by atoms with Crippen molar-refractivity contribution in [2.45, 2.75) is 30.7 Å². The molecule has 0 saturated heterocycles. The maximum atomic E-state index is 11.6. The van der Waals surface area contributed by atoms with Crippen LogP contribution >= 0.6 is 0 Å². The van der Waals surface area contributed by atoms with Crippen LogP contribution in [0.1, 0.15) is 31.4 Å². The monoisotopic (exact) mass is 257 g/mol. The van der Waals surface area contributed by atoms with E-state index in [2.05, 4.69) is 0 Å². The van der Waals surface area contributed by atoms with Gasteiger partial charge in [-0.25, -0.2) is 8.42 Å². The minimum absolute atomic E-state index is 0.133. The third kappa shape index (κ3) is 3.44. The van der Waals surface area contributed by atoms with Gasteiger partial charge in [0, 0.05) is 12.3 Å². The molecule has 0 unspecified atom stereocenters. The molecular formula is C12H19NO3S. The van der Waals surface area contributed by atoms with Crippen molar-refractivity contribution in [3.8, 4) is 5.75 Å². The Morgan fingerprint density at radius 3 is 2.53 bits per heavy atom. The number of sulfone groups is 1. The summed E-state index contributed by atoms with van der Waals surface area (Å²) >= 11 is 0. The first kappa shape index (κ1) is 14.0. The van der Waals surface area contributed by atoms with Crippen molar-refractivity contribution >= 4 is 9.84 Å². The molecule has 1 rings (SSSR count). The van der Waals surface area contributed by atoms with Gasteiger partial charge in [0.05, 0.1) is 7.11 Å². The van der Waals surface area contributed by atoms with Crippen molar-refractivity contribution in [1.29, 1.82) is 0 Å². The van der Waals surface area contributed by atoms with E-state index >= 15 is 0 Å². The molecule has 1 aromatic carbocycles. The number of hydrogen-bond donors (Lipinski definition) is 1. The van der Waals surface area contributed by atoms with Gasteiger partial charge in [-0.05, 0) is 24.1 Å². The van der Waals surface area contributed by atoms with Crippen LogP contribution in [0, 0.1) is 0 Å². The van der Waals surface area contributed by atoms with E-state index in [1.165, 1.54) is 13.4 Å². The van der Waals surface area contributed by atoms with E-state index in [0.29, 0.717) is 5.75 Å². The van der Waals surface area contributed by atoms with E-state index in [1.807, 2.05) is 13.0 Å². The summed E-state index contributed by atoms with van der Waals surface area (Å²) in [5, 5.41) is 0. The van der Waals surface area contributed by atoms with Crippen molar-refractivity contribution in [3.05, 3.63) is 23.8 Å². The summed E-state index contributed by atoms with van der Waals surface area (Å²) in [4.78, 5) is 0.198. The third-order valence-electron chi connectivity index (χ3n) is 2.61. The molecule has 4 nitrogen and oxygen atoms in total. The largest absolute Gasteiger partial charge is 0.495 e. The molecule has 0 fully saturated rings. The fraction of sp³-hybridized carbons (Fsp3) is 0.500. The smallest absolute Gasteiger partial charge is 0.179 e. The molecule has 0 aliphatic heterocycles. The number of nitrogens with two attached hydrogens (primary N) is 1. The van der Waals surface area contributed by atoms with Gasteiger partial charge in [-0.2, -0.15) is 0 Å². The maximum absolute atomic E-state index is 11.6. The van der Waals surface area contributed by atoms with E-state index in [1.54, 1.807) is 12.1 Å². The lowest BCUT2D eigenvalue weighted by atomic mass is 10.0. The highest BCUT2D eigenvalue weighted by Crippen LogP contribution is 2.27. The molecule has 0 aromatic heterocycles. The van der Waals surface area contributed by atoms with Gasteiger partial charge in [-0.15, -0.1) is 0 Å². The fourth-order valence-electron chi connectivity index (χ4n) is 1.69. The maximum Gasteiger partial charge on any atom is 0.179 e. The highest BCUT2D eigenvalue weighted by molar-refractivity contribution is 7.90. The Morgan fingerprint density at radius 2 is 2.06 bits per heavy atom. The molecule has 17 heavy (non-hydrogen) atoms. The Balaban J connectivity index is 3.23. The molecule has 1 atom stereocenters. The second-order valence-electron chi connectivity index (χ2n) is 4.08. The molecule has 0 aliphatic carbocycles. The van der Waals surface area contributed by atoms with Crippen LogP contribution in [0.4, 0.5) is 0 Å². The zero-order valence-electron chi connectivity index (χ0n) is 10.4. The molecule has 1 aromatic rings. The first-order valence-corrected chi connectivity index (χ1v) is 7.42. The zero-order valence-corrected chi connectivity index (χ0v) is 11.3. The Labute approximate surface area is 103 Å². The van der Waals surface area contributed by atoms with Gasteiger partial charge < -0.3 is 10.5 Å². The molecule has 0 spiro atoms. The second-order valence-corrected chi connectivity index (χ2v) is 6.06. The standard InChI is InChI=1S/C12H19NO3S/c1-4-5-10(13)9-6-7-11(16-2)12(8-9)17(3,14)15/h6-8,10H,4-5,13H2,1-3H3/t10-/m0/s1. The topological polar surface area (TPSA) is 69.4 Å². The van der Waals surface area contributed by atoms with Crippen LogP contribution in [-0.4, -0.2) is 21.8 Å². The molecule has 2 N–H and O–H groups in total. The van der Waals surface area contributed by atoms with Crippen LogP contribution in [0.15, 0.2) is 23.1 Å². The number of benzene rings is 1. The Bertz CT molecular complexity index is 483. The quantitative estimate of drug-likeness (QED) is 0.874. The van der Waals surface area contributed by atoms with Crippen LogP contribution in [0.2, 0.25) is 0 Å². The molecule has 5 heteroatoms. The summed E-state index contributed by atoms with van der Waals surface area (Å²) in [7, 11) is -1.84. The van der Waals surface area contributed by atoms with Crippen molar-refractivity contribution in [2.24, 2.45) is 5.73 Å². The summed E-state index contributed by atoms with van der Waals surface area (Å²) < 4.78 is 28.3. The summed E-state index contributed by atoms with van der Waals surface area (Å²) in [5.74, 6) is 0.361. The SMILES string of the molecule is CCC[C@H](N)c1ccc(OC)c(S(C)(=O)=O)c1. The van der Waals surface area contributed by atoms with Gasteiger partial charge in [0.25, 0.3) is 0 Å². The fourth-order valence-corrected chi connectivity index (χ4v) is 2.56. The molecule has 0 radical (unpaired) electrons. The average Bonchev–Trinajstić information content (AvgIpc) is 2.27. The lowest BCUT2D eigenvalue weighted by molar-refractivity contribution is 0.402. The molecule has 96 valence electrons. The Morgan fingerprint density at radius 1 is 1.41 bits per heavy atom. The number of ether oxygens (including phenoxy) is 1. The summed E-state index contributed by atoms with van der Waals surface area (Å²) in [5.41, 5.74) is 6.80. The molecule has 0 bridgehead atoms. The Kier molecular flexibility index (Phi) is 4.54. The summed E-state index contributed by atoms with van der Waals surface area (Å²) in [6, 6.07) is 4.94. The zero-order chi connectivity index (χ0) is 13.1. The number of rotatable bonds is 5. The lowest BCUT2D eigenvalue weighted by Gasteiger charge is -2.14. The second kappa shape index (κ2) is 5.51. The van der Waals surface area contributed by atoms with E-state index in [9.17, 15) is 8.42 Å². The van der Waals surface area contributed by atoms with Crippen LogP contribution < -0.4 is 10.5 Å². The molecule has 0 heterocycles. The van der Waals surface area contributed by atoms with Gasteiger partial charge in [-0.1, -0.05) is 19.4 Å². The highest BCUT2D eigenvalue weighted by Gasteiger charge is 2.16. The van der Waals surface area contributed by atoms with Crippen molar-refractivity contribution in [2.75, 3.05) is 13.4 Å². The summed E-state index contributed by atoms with van der Waals surface area (Å²) in [6.45, 7) is 2.04. The van der Waals surface area contributed by atoms with E-state index < -0.39 is 9.84 Å². The molecule has 0 saturated carbocycles. The van der Waals surface area contributed by atoms with Gasteiger partial charge in [0.1, 0.15) is 10.6 Å². The van der Waals surface area contributed by atoms with Gasteiger partial charge in [0.2, 0.25) is 0 Å². The van der Waals surface area contributed by atoms with Crippen molar-refractivity contribution in [1.82, 2.24) is 0 Å². The van der Waals surface area contributed by atoms with Gasteiger partial charge >= 0.3 is 0 Å². The van der Waals surface area contributed by atoms with E-state index in [4.69, 9.17) is 10.5 Å². The van der Waals surface area contributed by atoms with Gasteiger partial charge in [-0.3, -0.25) is 0 Å². The minimum atomic E-state index is -3.30. The highest BCUT2D eigenvalue weighted by atomic mass is 32.2. The van der Waals surface area contributed by atoms with Crippen LogP contribution in [0.25, 0.3) is 0 Å². The van der Waals surface area contributed by atoms with Crippen LogP contribution in [0.5, 0.6) is 5.75 Å². The van der Waals surface area contributed by atoms with E-state index in [0.717, 1.165) is 18.4 Å². The molecular weight excluding hydrogens is 238 g/mol. The Hall–Kier alpha value is -1.07. The first-order chi connectivity index (χ1) is 7.90. The van der Waals surface area contributed by atoms with Crippen molar-refractivity contribution < 1.29 is 13.2 Å². The summed E-state index contributed by atoms with van der Waals surface area (Å²) in [6.07, 6.45) is 2.96. The van der Waals surface area contributed by atoms with Crippen molar-refractivity contribution in [3.63, 3.8) is 0 Å². The lowest BCUT2D eigenvalue weighted by Crippen LogP contribution is -2.11. The first-order valence-electron chi connectivity index (χ1n) is 5.53. The number of hydrogen-bond acceptors (Lipinski definition) is 4. The van der Waals surface area contributed by atoms with Crippen LogP contribution in [0.3, 0.4) is 0 Å². The number of methoxy groups -OCH3 is 1. The predicted molar refractivity (Wildman–Crippen MR) is 67.9 cm³/mol. The normalized spacial score (nSPS) is 13.4. The minimum Gasteiger partial charge on any atom is -0.495 e.